The van der Waals surface area contributed by atoms with E-state index in [1.807, 2.05) is 0 Å². The summed E-state index contributed by atoms with van der Waals surface area (Å²) >= 11 is 0. The van der Waals surface area contributed by atoms with E-state index in [0.717, 1.165) is 0 Å². The minimum atomic E-state index is 0.306. The highest BCUT2D eigenvalue weighted by atomic mass is 15.4. The van der Waals surface area contributed by atoms with Crippen LogP contribution in [0.1, 0.15) is 52.4 Å². The molecule has 2 rings (SSSR count). The molecular weight excluding hydrogens is 184 g/mol. The first-order valence-electron chi connectivity index (χ1n) is 6.71. The van der Waals surface area contributed by atoms with E-state index < -0.39 is 0 Å². The molecule has 2 fully saturated rings. The van der Waals surface area contributed by atoms with Gasteiger partial charge in [-0.2, -0.15) is 0 Å². The van der Waals surface area contributed by atoms with Crippen molar-refractivity contribution in [1.82, 2.24) is 9.80 Å². The van der Waals surface area contributed by atoms with E-state index in [-0.39, 0.29) is 0 Å². The SMILES string of the molecule is CC(C)(N1CCCCC1)N1CCCCC1. The molecule has 0 bridgehead atoms. The normalized spacial score (nSPS) is 26.8. The highest BCUT2D eigenvalue weighted by Gasteiger charge is 2.34. The zero-order valence-corrected chi connectivity index (χ0v) is 10.5. The maximum absolute atomic E-state index is 2.70. The molecule has 0 aromatic carbocycles. The summed E-state index contributed by atoms with van der Waals surface area (Å²) in [5, 5.41) is 0. The Morgan fingerprint density at radius 1 is 0.600 bits per heavy atom. The van der Waals surface area contributed by atoms with Crippen molar-refractivity contribution in [3.05, 3.63) is 0 Å². The molecular formula is C13H26N2. The molecule has 0 spiro atoms. The monoisotopic (exact) mass is 210 g/mol. The van der Waals surface area contributed by atoms with Gasteiger partial charge in [-0.3, -0.25) is 9.80 Å². The average molecular weight is 210 g/mol. The number of hydrogen-bond donors (Lipinski definition) is 0. The third kappa shape index (κ3) is 2.54. The van der Waals surface area contributed by atoms with Crippen molar-refractivity contribution >= 4 is 0 Å². The number of nitrogens with zero attached hydrogens (tertiary/aromatic N) is 2. The van der Waals surface area contributed by atoms with Gasteiger partial charge in [0, 0.05) is 0 Å². The maximum atomic E-state index is 2.70. The van der Waals surface area contributed by atoms with Crippen LogP contribution in [0, 0.1) is 0 Å². The second-order valence-electron chi connectivity index (χ2n) is 5.59. The van der Waals surface area contributed by atoms with Crippen LogP contribution in [0.5, 0.6) is 0 Å². The molecule has 2 saturated heterocycles. The standard InChI is InChI=1S/C13H26N2/c1-13(2,14-9-5-3-6-10-14)15-11-7-4-8-12-15/h3-12H2,1-2H3. The van der Waals surface area contributed by atoms with Crippen molar-refractivity contribution in [2.45, 2.75) is 58.0 Å². The van der Waals surface area contributed by atoms with Gasteiger partial charge < -0.3 is 0 Å². The van der Waals surface area contributed by atoms with Gasteiger partial charge in [0.15, 0.2) is 0 Å². The molecule has 0 saturated carbocycles. The Morgan fingerprint density at radius 3 is 1.27 bits per heavy atom. The minimum absolute atomic E-state index is 0.306. The van der Waals surface area contributed by atoms with Crippen LogP contribution in [0.3, 0.4) is 0 Å². The Hall–Kier alpha value is -0.0800. The Bertz CT molecular complexity index is 169. The fourth-order valence-electron chi connectivity index (χ4n) is 3.08. The van der Waals surface area contributed by atoms with Gasteiger partial charge in [-0.05, 0) is 65.7 Å². The Kier molecular flexibility index (Phi) is 3.68. The lowest BCUT2D eigenvalue weighted by molar-refractivity contribution is -0.0512. The topological polar surface area (TPSA) is 6.48 Å². The van der Waals surface area contributed by atoms with E-state index >= 15 is 0 Å². The Labute approximate surface area is 94.6 Å². The van der Waals surface area contributed by atoms with Crippen LogP contribution < -0.4 is 0 Å². The summed E-state index contributed by atoms with van der Waals surface area (Å²) in [6.07, 6.45) is 8.47. The number of piperidine rings is 2. The fraction of sp³-hybridized carbons (Fsp3) is 1.00. The third-order valence-corrected chi connectivity index (χ3v) is 4.26. The molecule has 0 unspecified atom stereocenters. The summed E-state index contributed by atoms with van der Waals surface area (Å²) in [6.45, 7) is 10.1. The maximum Gasteiger partial charge on any atom is 0.0679 e. The predicted molar refractivity (Wildman–Crippen MR) is 64.9 cm³/mol. The van der Waals surface area contributed by atoms with Crippen molar-refractivity contribution in [3.8, 4) is 0 Å². The van der Waals surface area contributed by atoms with E-state index in [1.54, 1.807) is 0 Å². The van der Waals surface area contributed by atoms with Crippen molar-refractivity contribution in [2.75, 3.05) is 26.2 Å². The van der Waals surface area contributed by atoms with Gasteiger partial charge in [0.25, 0.3) is 0 Å². The molecule has 2 heterocycles. The smallest absolute Gasteiger partial charge is 0.0679 e. The van der Waals surface area contributed by atoms with Crippen molar-refractivity contribution in [3.63, 3.8) is 0 Å². The summed E-state index contributed by atoms with van der Waals surface area (Å²) in [7, 11) is 0. The zero-order valence-electron chi connectivity index (χ0n) is 10.5. The summed E-state index contributed by atoms with van der Waals surface area (Å²) in [5.41, 5.74) is 0.306. The molecule has 0 atom stereocenters. The highest BCUT2D eigenvalue weighted by Crippen LogP contribution is 2.26. The lowest BCUT2D eigenvalue weighted by Gasteiger charge is -2.49. The summed E-state index contributed by atoms with van der Waals surface area (Å²) in [6, 6.07) is 0. The molecule has 2 aliphatic heterocycles. The first-order chi connectivity index (χ1) is 7.21. The van der Waals surface area contributed by atoms with Crippen LogP contribution in [-0.4, -0.2) is 41.6 Å². The molecule has 15 heavy (non-hydrogen) atoms. The van der Waals surface area contributed by atoms with E-state index in [4.69, 9.17) is 0 Å². The van der Waals surface area contributed by atoms with Crippen LogP contribution in [0.4, 0.5) is 0 Å². The van der Waals surface area contributed by atoms with Crippen molar-refractivity contribution in [1.29, 1.82) is 0 Å². The summed E-state index contributed by atoms with van der Waals surface area (Å²) < 4.78 is 0. The molecule has 2 heteroatoms. The molecule has 0 amide bonds. The van der Waals surface area contributed by atoms with E-state index in [9.17, 15) is 0 Å². The number of hydrogen-bond acceptors (Lipinski definition) is 2. The second-order valence-corrected chi connectivity index (χ2v) is 5.59. The van der Waals surface area contributed by atoms with Crippen molar-refractivity contribution in [2.24, 2.45) is 0 Å². The third-order valence-electron chi connectivity index (χ3n) is 4.26. The minimum Gasteiger partial charge on any atom is -0.286 e. The first kappa shape index (κ1) is 11.4. The lowest BCUT2D eigenvalue weighted by Crippen LogP contribution is -2.59. The van der Waals surface area contributed by atoms with Crippen LogP contribution >= 0.6 is 0 Å². The summed E-state index contributed by atoms with van der Waals surface area (Å²) in [5.74, 6) is 0. The zero-order chi connectivity index (χ0) is 10.7. The quantitative estimate of drug-likeness (QED) is 0.691. The van der Waals surface area contributed by atoms with Crippen LogP contribution in [0.25, 0.3) is 0 Å². The fourth-order valence-corrected chi connectivity index (χ4v) is 3.08. The average Bonchev–Trinajstić information content (AvgIpc) is 2.31. The molecule has 0 aromatic rings. The Balaban J connectivity index is 1.96. The first-order valence-corrected chi connectivity index (χ1v) is 6.71. The van der Waals surface area contributed by atoms with Gasteiger partial charge in [0.2, 0.25) is 0 Å². The van der Waals surface area contributed by atoms with Gasteiger partial charge in [-0.1, -0.05) is 12.8 Å². The van der Waals surface area contributed by atoms with Gasteiger partial charge in [0.05, 0.1) is 5.66 Å². The van der Waals surface area contributed by atoms with Gasteiger partial charge in [-0.25, -0.2) is 0 Å². The highest BCUT2D eigenvalue weighted by molar-refractivity contribution is 4.85. The molecule has 88 valence electrons. The molecule has 0 aliphatic carbocycles. The number of rotatable bonds is 2. The molecule has 2 aliphatic rings. The second kappa shape index (κ2) is 4.84. The molecule has 0 N–H and O–H groups in total. The van der Waals surface area contributed by atoms with Crippen LogP contribution in [0.15, 0.2) is 0 Å². The van der Waals surface area contributed by atoms with E-state index in [1.165, 1.54) is 64.7 Å². The molecule has 2 nitrogen and oxygen atoms in total. The van der Waals surface area contributed by atoms with Crippen LogP contribution in [0.2, 0.25) is 0 Å². The Morgan fingerprint density at radius 2 is 0.933 bits per heavy atom. The van der Waals surface area contributed by atoms with Crippen LogP contribution in [-0.2, 0) is 0 Å². The van der Waals surface area contributed by atoms with Gasteiger partial charge in [0.1, 0.15) is 0 Å². The molecule has 0 aromatic heterocycles. The lowest BCUT2D eigenvalue weighted by atomic mass is 10.0. The summed E-state index contributed by atoms with van der Waals surface area (Å²) in [4.78, 5) is 5.39. The van der Waals surface area contributed by atoms with Gasteiger partial charge >= 0.3 is 0 Å². The molecule has 0 radical (unpaired) electrons. The van der Waals surface area contributed by atoms with E-state index in [0.29, 0.717) is 5.66 Å². The predicted octanol–water partition coefficient (Wildman–Crippen LogP) is 2.69. The van der Waals surface area contributed by atoms with Gasteiger partial charge in [-0.15, -0.1) is 0 Å². The largest absolute Gasteiger partial charge is 0.286 e. The van der Waals surface area contributed by atoms with E-state index in [2.05, 4.69) is 23.6 Å². The number of likely N-dealkylation sites (tertiary alicyclic amines) is 2. The van der Waals surface area contributed by atoms with Crippen molar-refractivity contribution < 1.29 is 0 Å².